The van der Waals surface area contributed by atoms with Gasteiger partial charge in [0.15, 0.2) is 0 Å². The molecule has 1 aliphatic heterocycles. The third-order valence-corrected chi connectivity index (χ3v) is 2.10. The maximum Gasteiger partial charge on any atom is 0.409 e. The van der Waals surface area contributed by atoms with Crippen LogP contribution in [0.15, 0.2) is 0 Å². The fraction of sp³-hybridized carbons (Fsp3) is 0.875. The zero-order valence-electron chi connectivity index (χ0n) is 7.32. The van der Waals surface area contributed by atoms with E-state index in [0.717, 1.165) is 6.54 Å². The number of aliphatic hydroxyl groups excluding tert-OH is 1. The van der Waals surface area contributed by atoms with Crippen LogP contribution in [0.4, 0.5) is 4.79 Å². The van der Waals surface area contributed by atoms with E-state index in [-0.39, 0.29) is 12.7 Å². The summed E-state index contributed by atoms with van der Waals surface area (Å²) >= 11 is 0. The smallest absolute Gasteiger partial charge is 0.409 e. The second kappa shape index (κ2) is 4.30. The second-order valence-electron chi connectivity index (χ2n) is 2.99. The van der Waals surface area contributed by atoms with Crippen LogP contribution in [0.1, 0.15) is 13.3 Å². The summed E-state index contributed by atoms with van der Waals surface area (Å²) in [4.78, 5) is 12.7. The Labute approximate surface area is 72.1 Å². The highest BCUT2D eigenvalue weighted by Crippen LogP contribution is 2.13. The van der Waals surface area contributed by atoms with Crippen LogP contribution in [0.5, 0.6) is 0 Å². The molecule has 1 N–H and O–H groups in total. The fourth-order valence-corrected chi connectivity index (χ4v) is 1.33. The lowest BCUT2D eigenvalue weighted by Gasteiger charge is -2.30. The molecule has 0 aliphatic carbocycles. The third-order valence-electron chi connectivity index (χ3n) is 2.10. The molecule has 1 aliphatic rings. The Morgan fingerprint density at radius 2 is 2.50 bits per heavy atom. The number of ether oxygens (including phenoxy) is 1. The van der Waals surface area contributed by atoms with Crippen molar-refractivity contribution in [3.05, 3.63) is 0 Å². The normalized spacial score (nSPS) is 24.0. The Morgan fingerprint density at radius 3 is 3.08 bits per heavy atom. The Kier molecular flexibility index (Phi) is 3.34. The number of carbonyl (C=O) groups is 1. The molecule has 1 rings (SSSR count). The number of hydrogen-bond acceptors (Lipinski definition) is 3. The first kappa shape index (κ1) is 9.32. The number of carbonyl (C=O) groups excluding carboxylic acids is 1. The highest BCUT2D eigenvalue weighted by molar-refractivity contribution is 5.68. The monoisotopic (exact) mass is 173 g/mol. The first-order valence-electron chi connectivity index (χ1n) is 4.30. The van der Waals surface area contributed by atoms with Crippen molar-refractivity contribution in [2.45, 2.75) is 13.3 Å². The molecule has 12 heavy (non-hydrogen) atoms. The van der Waals surface area contributed by atoms with Crippen molar-refractivity contribution in [3.63, 3.8) is 0 Å². The predicted octanol–water partition coefficient (Wildman–Crippen LogP) is 0.457. The van der Waals surface area contributed by atoms with E-state index in [2.05, 4.69) is 0 Å². The number of hydrogen-bond donors (Lipinski definition) is 1. The molecule has 70 valence electrons. The number of rotatable bonds is 3. The summed E-state index contributed by atoms with van der Waals surface area (Å²) in [6.45, 7) is 3.94. The molecule has 1 atom stereocenters. The summed E-state index contributed by atoms with van der Waals surface area (Å²) < 4.78 is 4.92. The van der Waals surface area contributed by atoms with E-state index in [9.17, 15) is 4.79 Å². The summed E-state index contributed by atoms with van der Waals surface area (Å²) in [5.41, 5.74) is 0. The van der Waals surface area contributed by atoms with E-state index in [4.69, 9.17) is 9.84 Å². The lowest BCUT2D eigenvalue weighted by molar-refractivity contribution is 0.0376. The lowest BCUT2D eigenvalue weighted by atomic mass is 10.1. The molecule has 1 unspecified atom stereocenters. The Morgan fingerprint density at radius 1 is 1.75 bits per heavy atom. The van der Waals surface area contributed by atoms with Gasteiger partial charge in [0.25, 0.3) is 0 Å². The molecule has 0 aromatic heterocycles. The van der Waals surface area contributed by atoms with Crippen molar-refractivity contribution in [1.29, 1.82) is 0 Å². The van der Waals surface area contributed by atoms with Crippen LogP contribution in [0.3, 0.4) is 0 Å². The molecule has 0 spiro atoms. The first-order chi connectivity index (χ1) is 5.77. The molecule has 1 fully saturated rings. The van der Waals surface area contributed by atoms with Gasteiger partial charge < -0.3 is 14.7 Å². The second-order valence-corrected chi connectivity index (χ2v) is 2.99. The van der Waals surface area contributed by atoms with Crippen LogP contribution < -0.4 is 0 Å². The van der Waals surface area contributed by atoms with E-state index in [0.29, 0.717) is 25.5 Å². The van der Waals surface area contributed by atoms with Gasteiger partial charge in [-0.3, -0.25) is 0 Å². The summed E-state index contributed by atoms with van der Waals surface area (Å²) in [6.07, 6.45) is 0.482. The molecule has 4 nitrogen and oxygen atoms in total. The molecule has 1 amide bonds. The van der Waals surface area contributed by atoms with E-state index < -0.39 is 0 Å². The average Bonchev–Trinajstić information content (AvgIpc) is 2.09. The van der Waals surface area contributed by atoms with Gasteiger partial charge >= 0.3 is 6.09 Å². The lowest BCUT2D eigenvalue weighted by Crippen LogP contribution is -2.43. The van der Waals surface area contributed by atoms with Gasteiger partial charge in [0.1, 0.15) is 0 Å². The molecular formula is C8H15NO3. The summed E-state index contributed by atoms with van der Waals surface area (Å²) in [5, 5.41) is 8.68. The van der Waals surface area contributed by atoms with E-state index >= 15 is 0 Å². The maximum absolute atomic E-state index is 11.0. The molecule has 1 heterocycles. The Bertz CT molecular complexity index is 160. The molecule has 0 radical (unpaired) electrons. The molecule has 0 saturated carbocycles. The minimum absolute atomic E-state index is 0.166. The van der Waals surface area contributed by atoms with Crippen molar-refractivity contribution in [3.8, 4) is 0 Å². The minimum Gasteiger partial charge on any atom is -0.449 e. The zero-order chi connectivity index (χ0) is 8.97. The largest absolute Gasteiger partial charge is 0.449 e. The van der Waals surface area contributed by atoms with Gasteiger partial charge in [-0.2, -0.15) is 0 Å². The van der Waals surface area contributed by atoms with Gasteiger partial charge in [0, 0.05) is 25.6 Å². The van der Waals surface area contributed by atoms with Gasteiger partial charge in [0.05, 0.1) is 6.61 Å². The van der Waals surface area contributed by atoms with E-state index in [1.807, 2.05) is 6.92 Å². The van der Waals surface area contributed by atoms with E-state index in [1.54, 1.807) is 4.90 Å². The number of amides is 1. The van der Waals surface area contributed by atoms with Gasteiger partial charge in [0.2, 0.25) is 0 Å². The molecular weight excluding hydrogens is 158 g/mol. The van der Waals surface area contributed by atoms with Crippen molar-refractivity contribution < 1.29 is 14.6 Å². The maximum atomic E-state index is 11.0. The minimum atomic E-state index is -0.230. The quantitative estimate of drug-likeness (QED) is 0.674. The van der Waals surface area contributed by atoms with Crippen molar-refractivity contribution in [2.24, 2.45) is 5.92 Å². The molecule has 0 bridgehead atoms. The molecule has 4 heteroatoms. The van der Waals surface area contributed by atoms with Crippen LogP contribution in [0.2, 0.25) is 0 Å². The number of nitrogens with zero attached hydrogens (tertiary/aromatic N) is 1. The third kappa shape index (κ3) is 2.11. The topological polar surface area (TPSA) is 49.8 Å². The van der Waals surface area contributed by atoms with Crippen LogP contribution in [0, 0.1) is 5.92 Å². The summed E-state index contributed by atoms with van der Waals surface area (Å²) in [5.74, 6) is 0.299. The Balaban J connectivity index is 2.38. The first-order valence-corrected chi connectivity index (χ1v) is 4.30. The average molecular weight is 173 g/mol. The molecule has 0 aromatic rings. The van der Waals surface area contributed by atoms with E-state index in [1.165, 1.54) is 0 Å². The van der Waals surface area contributed by atoms with Crippen LogP contribution in [-0.4, -0.2) is 42.4 Å². The summed E-state index contributed by atoms with van der Waals surface area (Å²) in [7, 11) is 0. The van der Waals surface area contributed by atoms with Gasteiger partial charge in [-0.05, 0) is 13.3 Å². The highest BCUT2D eigenvalue weighted by atomic mass is 16.6. The summed E-state index contributed by atoms with van der Waals surface area (Å²) in [6, 6.07) is 0. The predicted molar refractivity (Wildman–Crippen MR) is 43.8 cm³/mol. The standard InChI is InChI=1S/C8H15NO3/c1-2-9-5-7(3-4-10)6-12-8(9)11/h7,10H,2-6H2,1H3. The van der Waals surface area contributed by atoms with Gasteiger partial charge in [-0.1, -0.05) is 0 Å². The highest BCUT2D eigenvalue weighted by Gasteiger charge is 2.25. The van der Waals surface area contributed by atoms with Crippen LogP contribution in [0.25, 0.3) is 0 Å². The van der Waals surface area contributed by atoms with Crippen LogP contribution >= 0.6 is 0 Å². The number of cyclic esters (lactones) is 1. The molecule has 0 aromatic carbocycles. The van der Waals surface area contributed by atoms with Crippen molar-refractivity contribution in [2.75, 3.05) is 26.3 Å². The van der Waals surface area contributed by atoms with Gasteiger partial charge in [-0.15, -0.1) is 0 Å². The van der Waals surface area contributed by atoms with Crippen molar-refractivity contribution >= 4 is 6.09 Å². The fourth-order valence-electron chi connectivity index (χ4n) is 1.33. The van der Waals surface area contributed by atoms with Crippen molar-refractivity contribution in [1.82, 2.24) is 4.90 Å². The zero-order valence-corrected chi connectivity index (χ0v) is 7.32. The van der Waals surface area contributed by atoms with Crippen LogP contribution in [-0.2, 0) is 4.74 Å². The number of aliphatic hydroxyl groups is 1. The van der Waals surface area contributed by atoms with Gasteiger partial charge in [-0.25, -0.2) is 4.79 Å². The Hall–Kier alpha value is -0.770. The molecule has 1 saturated heterocycles. The SMILES string of the molecule is CCN1CC(CCO)COC1=O.